The van der Waals surface area contributed by atoms with E-state index in [2.05, 4.69) is 43.0 Å². The first-order valence-electron chi connectivity index (χ1n) is 10.5. The second-order valence-corrected chi connectivity index (χ2v) is 8.97. The molecular formula is C21H27N5O2S. The van der Waals surface area contributed by atoms with E-state index in [0.717, 1.165) is 86.3 Å². The molecule has 1 N–H and O–H groups in total. The van der Waals surface area contributed by atoms with Gasteiger partial charge in [-0.1, -0.05) is 0 Å². The van der Waals surface area contributed by atoms with Crippen molar-refractivity contribution in [3.05, 3.63) is 24.5 Å². The Labute approximate surface area is 175 Å². The minimum atomic E-state index is -0.452. The van der Waals surface area contributed by atoms with Gasteiger partial charge in [0.05, 0.1) is 23.8 Å². The van der Waals surface area contributed by atoms with Gasteiger partial charge in [-0.2, -0.15) is 0 Å². The third-order valence-corrected chi connectivity index (χ3v) is 7.09. The Balaban J connectivity index is 1.39. The number of rotatable bonds is 4. The van der Waals surface area contributed by atoms with E-state index >= 15 is 0 Å². The summed E-state index contributed by atoms with van der Waals surface area (Å²) in [6.07, 6.45) is 3.29. The summed E-state index contributed by atoms with van der Waals surface area (Å²) in [7, 11) is 0. The molecule has 0 spiro atoms. The standard InChI is InChI=1S/C21H27N5O2S/c27-19(21-22-5-11-29-21)15-2-1-6-26(13-15)20-17-4-3-16(12-18(17)23-14-24-20)25-7-9-28-10-8-25/h3-4,12,14-15,19,27H,1-2,5-11,13H2. The summed E-state index contributed by atoms with van der Waals surface area (Å²) >= 11 is 1.70. The topological polar surface area (TPSA) is 74.1 Å². The zero-order valence-electron chi connectivity index (χ0n) is 16.5. The number of ether oxygens (including phenoxy) is 1. The van der Waals surface area contributed by atoms with Crippen LogP contribution in [0.5, 0.6) is 0 Å². The number of nitrogens with zero attached hydrogens (tertiary/aromatic N) is 5. The van der Waals surface area contributed by atoms with Crippen LogP contribution in [-0.4, -0.2) is 77.9 Å². The minimum Gasteiger partial charge on any atom is -0.386 e. The first-order chi connectivity index (χ1) is 14.3. The lowest BCUT2D eigenvalue weighted by Gasteiger charge is -2.36. The van der Waals surface area contributed by atoms with Crippen molar-refractivity contribution in [2.75, 3.05) is 61.5 Å². The van der Waals surface area contributed by atoms with Gasteiger partial charge >= 0.3 is 0 Å². The average molecular weight is 414 g/mol. The molecule has 29 heavy (non-hydrogen) atoms. The van der Waals surface area contributed by atoms with Gasteiger partial charge in [-0.15, -0.1) is 11.8 Å². The molecule has 5 rings (SSSR count). The molecule has 0 bridgehead atoms. The number of anilines is 2. The van der Waals surface area contributed by atoms with Gasteiger partial charge < -0.3 is 19.6 Å². The highest BCUT2D eigenvalue weighted by Gasteiger charge is 2.31. The van der Waals surface area contributed by atoms with Crippen LogP contribution in [0.1, 0.15) is 12.8 Å². The molecule has 2 fully saturated rings. The Bertz CT molecular complexity index is 902. The van der Waals surface area contributed by atoms with Gasteiger partial charge in [0.2, 0.25) is 0 Å². The van der Waals surface area contributed by atoms with E-state index in [1.54, 1.807) is 18.1 Å². The molecule has 0 radical (unpaired) electrons. The molecule has 1 aromatic heterocycles. The van der Waals surface area contributed by atoms with Crippen molar-refractivity contribution in [3.8, 4) is 0 Å². The second kappa shape index (κ2) is 8.45. The van der Waals surface area contributed by atoms with Gasteiger partial charge in [0.1, 0.15) is 18.2 Å². The van der Waals surface area contributed by atoms with E-state index in [4.69, 9.17) is 4.74 Å². The number of thioether (sulfide) groups is 1. The molecule has 154 valence electrons. The van der Waals surface area contributed by atoms with Crippen LogP contribution in [0.4, 0.5) is 11.5 Å². The maximum Gasteiger partial charge on any atom is 0.139 e. The number of morpholine rings is 1. The lowest BCUT2D eigenvalue weighted by atomic mass is 9.92. The molecule has 3 aliphatic rings. The predicted octanol–water partition coefficient (Wildman–Crippen LogP) is 2.19. The smallest absolute Gasteiger partial charge is 0.139 e. The fourth-order valence-corrected chi connectivity index (χ4v) is 5.43. The zero-order chi connectivity index (χ0) is 19.6. The third-order valence-electron chi connectivity index (χ3n) is 6.04. The number of fused-ring (bicyclic) bond motifs is 1. The highest BCUT2D eigenvalue weighted by Crippen LogP contribution is 2.32. The number of hydrogen-bond acceptors (Lipinski definition) is 8. The first kappa shape index (κ1) is 19.1. The summed E-state index contributed by atoms with van der Waals surface area (Å²) in [5, 5.41) is 12.8. The monoisotopic (exact) mass is 413 g/mol. The summed E-state index contributed by atoms with van der Waals surface area (Å²) in [5.41, 5.74) is 2.16. The van der Waals surface area contributed by atoms with E-state index in [9.17, 15) is 5.11 Å². The molecule has 0 saturated carbocycles. The summed E-state index contributed by atoms with van der Waals surface area (Å²) in [6.45, 7) is 5.96. The maximum atomic E-state index is 10.8. The van der Waals surface area contributed by atoms with Crippen molar-refractivity contribution < 1.29 is 9.84 Å². The van der Waals surface area contributed by atoms with Crippen molar-refractivity contribution in [2.45, 2.75) is 18.9 Å². The van der Waals surface area contributed by atoms with Crippen LogP contribution in [0.25, 0.3) is 10.9 Å². The summed E-state index contributed by atoms with van der Waals surface area (Å²) in [5.74, 6) is 2.16. The number of aliphatic imine (C=N–C) groups is 1. The molecule has 2 aromatic rings. The second-order valence-electron chi connectivity index (χ2n) is 7.86. The Morgan fingerprint density at radius 3 is 2.86 bits per heavy atom. The van der Waals surface area contributed by atoms with Crippen LogP contribution in [0, 0.1) is 5.92 Å². The molecule has 2 atom stereocenters. The van der Waals surface area contributed by atoms with Crippen molar-refractivity contribution in [1.29, 1.82) is 0 Å². The van der Waals surface area contributed by atoms with Crippen LogP contribution in [0.15, 0.2) is 29.5 Å². The van der Waals surface area contributed by atoms with Gasteiger partial charge in [0, 0.05) is 55.5 Å². The first-order valence-corrected chi connectivity index (χ1v) is 11.5. The zero-order valence-corrected chi connectivity index (χ0v) is 17.4. The van der Waals surface area contributed by atoms with Crippen LogP contribution < -0.4 is 9.80 Å². The highest BCUT2D eigenvalue weighted by molar-refractivity contribution is 8.14. The quantitative estimate of drug-likeness (QED) is 0.824. The predicted molar refractivity (Wildman–Crippen MR) is 118 cm³/mol. The van der Waals surface area contributed by atoms with E-state index in [1.165, 1.54) is 5.69 Å². The number of aliphatic hydroxyl groups is 1. The highest BCUT2D eigenvalue weighted by atomic mass is 32.2. The molecular weight excluding hydrogens is 386 g/mol. The van der Waals surface area contributed by atoms with E-state index in [0.29, 0.717) is 0 Å². The van der Waals surface area contributed by atoms with Gasteiger partial charge in [0.25, 0.3) is 0 Å². The Hall–Kier alpha value is -1.90. The third kappa shape index (κ3) is 3.93. The molecule has 8 heteroatoms. The van der Waals surface area contributed by atoms with E-state index < -0.39 is 6.10 Å². The van der Waals surface area contributed by atoms with Gasteiger partial charge in [0.15, 0.2) is 0 Å². The fraction of sp³-hybridized carbons (Fsp3) is 0.571. The number of piperidine rings is 1. The Morgan fingerprint density at radius 1 is 1.14 bits per heavy atom. The average Bonchev–Trinajstić information content (AvgIpc) is 3.33. The van der Waals surface area contributed by atoms with Crippen LogP contribution in [0.2, 0.25) is 0 Å². The Morgan fingerprint density at radius 2 is 2.03 bits per heavy atom. The summed E-state index contributed by atoms with van der Waals surface area (Å²) in [4.78, 5) is 18.3. The van der Waals surface area contributed by atoms with Gasteiger partial charge in [-0.3, -0.25) is 4.99 Å². The van der Waals surface area contributed by atoms with Crippen LogP contribution in [0.3, 0.4) is 0 Å². The van der Waals surface area contributed by atoms with Gasteiger partial charge in [-0.25, -0.2) is 9.97 Å². The van der Waals surface area contributed by atoms with E-state index in [-0.39, 0.29) is 5.92 Å². The van der Waals surface area contributed by atoms with Gasteiger partial charge in [-0.05, 0) is 31.0 Å². The molecule has 0 aliphatic carbocycles. The molecule has 2 saturated heterocycles. The van der Waals surface area contributed by atoms with Crippen LogP contribution in [-0.2, 0) is 4.74 Å². The molecule has 4 heterocycles. The number of benzene rings is 1. The lowest BCUT2D eigenvalue weighted by Crippen LogP contribution is -2.42. The SMILES string of the molecule is OC(C1=NCCS1)C1CCCN(c2ncnc3cc(N4CCOCC4)ccc23)C1. The molecule has 2 unspecified atom stereocenters. The fourth-order valence-electron chi connectivity index (χ4n) is 4.49. The van der Waals surface area contributed by atoms with Crippen molar-refractivity contribution in [3.63, 3.8) is 0 Å². The summed E-state index contributed by atoms with van der Waals surface area (Å²) < 4.78 is 5.47. The number of aromatic nitrogens is 2. The van der Waals surface area contributed by atoms with Crippen molar-refractivity contribution in [2.24, 2.45) is 10.9 Å². The Kier molecular flexibility index (Phi) is 5.56. The molecule has 1 aromatic carbocycles. The maximum absolute atomic E-state index is 10.8. The van der Waals surface area contributed by atoms with Crippen molar-refractivity contribution >= 4 is 39.2 Å². The van der Waals surface area contributed by atoms with E-state index in [1.807, 2.05) is 0 Å². The van der Waals surface area contributed by atoms with Crippen molar-refractivity contribution in [1.82, 2.24) is 9.97 Å². The molecule has 7 nitrogen and oxygen atoms in total. The normalized spacial score (nSPS) is 24.0. The molecule has 0 amide bonds. The summed E-state index contributed by atoms with van der Waals surface area (Å²) in [6, 6.07) is 6.47. The van der Waals surface area contributed by atoms with Crippen LogP contribution >= 0.6 is 11.8 Å². The lowest BCUT2D eigenvalue weighted by molar-refractivity contribution is 0.122. The number of aliphatic hydroxyl groups excluding tert-OH is 1. The largest absolute Gasteiger partial charge is 0.386 e. The number of hydrogen-bond donors (Lipinski definition) is 1. The minimum absolute atomic E-state index is 0.200. The molecule has 3 aliphatic heterocycles.